The molecule has 4 saturated carbocycles. The summed E-state index contributed by atoms with van der Waals surface area (Å²) < 4.78 is 75.5. The van der Waals surface area contributed by atoms with Crippen LogP contribution in [0.15, 0.2) is 23.0 Å². The first-order chi connectivity index (χ1) is 29.7. The molecule has 352 valence electrons. The van der Waals surface area contributed by atoms with E-state index in [4.69, 9.17) is 56.5 Å². The minimum atomic E-state index is -2.75. The number of fused-ring (bicyclic) bond motifs is 2. The Bertz CT molecular complexity index is 2210. The molecule has 0 amide bonds. The van der Waals surface area contributed by atoms with E-state index in [0.29, 0.717) is 0 Å². The van der Waals surface area contributed by atoms with Crippen molar-refractivity contribution in [2.45, 2.75) is 171 Å². The topological polar surface area (TPSA) is 258 Å². The number of aliphatic hydroxyl groups is 1. The molecule has 64 heavy (non-hydrogen) atoms. The molecular weight excluding hydrogens is 848 g/mol. The number of methoxy groups -OCH3 is 2. The summed E-state index contributed by atoms with van der Waals surface area (Å²) in [4.78, 5) is 98.1. The van der Waals surface area contributed by atoms with E-state index < -0.39 is 160 Å². The average Bonchev–Trinajstić information content (AvgIpc) is 3.67. The number of esters is 7. The lowest BCUT2D eigenvalue weighted by molar-refractivity contribution is -0.476. The Labute approximate surface area is 368 Å². The summed E-state index contributed by atoms with van der Waals surface area (Å²) in [6.07, 6.45) is -7.70. The molecule has 1 spiro atoms. The monoisotopic (exact) mass is 904 g/mol. The molecule has 0 unspecified atom stereocenters. The first-order valence-corrected chi connectivity index (χ1v) is 21.3. The van der Waals surface area contributed by atoms with Crippen molar-refractivity contribution < 1.29 is 95.2 Å². The second-order valence-corrected chi connectivity index (χ2v) is 19.3. The smallest absolute Gasteiger partial charge is 0.341 e. The summed E-state index contributed by atoms with van der Waals surface area (Å²) in [6.45, 7) is 14.0. The molecule has 20 nitrogen and oxygen atoms in total. The molecule has 16 atom stereocenters. The van der Waals surface area contributed by atoms with Gasteiger partial charge in [0.25, 0.3) is 5.97 Å². The minimum absolute atomic E-state index is 0.236. The van der Waals surface area contributed by atoms with Crippen LogP contribution in [0, 0.1) is 22.2 Å². The molecule has 7 fully saturated rings. The van der Waals surface area contributed by atoms with E-state index in [1.54, 1.807) is 27.7 Å². The molecular formula is C44H56O20. The Morgan fingerprint density at radius 3 is 2.00 bits per heavy atom. The highest BCUT2D eigenvalue weighted by atomic mass is 17.0. The van der Waals surface area contributed by atoms with E-state index in [1.165, 1.54) is 39.4 Å². The Morgan fingerprint density at radius 2 is 1.47 bits per heavy atom. The first kappa shape index (κ1) is 45.9. The van der Waals surface area contributed by atoms with Gasteiger partial charge in [-0.2, -0.15) is 0 Å². The van der Waals surface area contributed by atoms with Gasteiger partial charge in [0.15, 0.2) is 29.0 Å². The number of epoxide rings is 1. The van der Waals surface area contributed by atoms with Gasteiger partial charge in [-0.25, -0.2) is 4.79 Å². The van der Waals surface area contributed by atoms with Gasteiger partial charge >= 0.3 is 41.8 Å². The van der Waals surface area contributed by atoms with Crippen LogP contribution in [0.3, 0.4) is 0 Å². The lowest BCUT2D eigenvalue weighted by atomic mass is 9.32. The summed E-state index contributed by atoms with van der Waals surface area (Å²) in [7, 11) is 2.28. The summed E-state index contributed by atoms with van der Waals surface area (Å²) >= 11 is 0. The van der Waals surface area contributed by atoms with Crippen molar-refractivity contribution >= 4 is 41.8 Å². The van der Waals surface area contributed by atoms with Gasteiger partial charge in [-0.3, -0.25) is 28.8 Å². The maximum Gasteiger partial charge on any atom is 0.341 e. The number of carbonyl (C=O) groups is 7. The molecule has 4 aliphatic carbocycles. The minimum Gasteiger partial charge on any atom is -0.472 e. The van der Waals surface area contributed by atoms with Crippen molar-refractivity contribution in [1.82, 2.24) is 0 Å². The van der Waals surface area contributed by atoms with Gasteiger partial charge in [0.1, 0.15) is 23.4 Å². The van der Waals surface area contributed by atoms with Gasteiger partial charge in [0.2, 0.25) is 5.60 Å². The predicted molar refractivity (Wildman–Crippen MR) is 207 cm³/mol. The fourth-order valence-corrected chi connectivity index (χ4v) is 13.9. The van der Waals surface area contributed by atoms with Gasteiger partial charge in [-0.05, 0) is 38.7 Å². The molecule has 1 aromatic rings. The van der Waals surface area contributed by atoms with Crippen LogP contribution in [0.5, 0.6) is 0 Å². The Balaban J connectivity index is 1.59. The van der Waals surface area contributed by atoms with Crippen molar-refractivity contribution in [3.8, 4) is 0 Å². The fraction of sp³-hybridized carbons (Fsp3) is 0.750. The second-order valence-electron chi connectivity index (χ2n) is 19.3. The maximum absolute atomic E-state index is 14.5. The van der Waals surface area contributed by atoms with Crippen LogP contribution in [0.25, 0.3) is 0 Å². The van der Waals surface area contributed by atoms with Crippen molar-refractivity contribution in [2.24, 2.45) is 22.2 Å². The van der Waals surface area contributed by atoms with Crippen LogP contribution < -0.4 is 0 Å². The molecule has 20 heteroatoms. The van der Waals surface area contributed by atoms with Gasteiger partial charge < -0.3 is 61.6 Å². The molecule has 0 radical (unpaired) electrons. The van der Waals surface area contributed by atoms with Crippen LogP contribution in [-0.2, 0) is 85.7 Å². The van der Waals surface area contributed by atoms with Crippen molar-refractivity contribution in [3.63, 3.8) is 0 Å². The third-order valence-electron chi connectivity index (χ3n) is 16.2. The van der Waals surface area contributed by atoms with E-state index in [-0.39, 0.29) is 12.0 Å². The lowest BCUT2D eigenvalue weighted by Crippen LogP contribution is -2.99. The molecule has 8 rings (SSSR count). The van der Waals surface area contributed by atoms with E-state index in [1.807, 2.05) is 0 Å². The number of carbonyl (C=O) groups excluding carboxylic acids is 7. The van der Waals surface area contributed by atoms with E-state index >= 15 is 0 Å². The third kappa shape index (κ3) is 5.14. The molecule has 4 heterocycles. The van der Waals surface area contributed by atoms with E-state index in [2.05, 4.69) is 0 Å². The zero-order valence-electron chi connectivity index (χ0n) is 37.9. The Kier molecular flexibility index (Phi) is 10.0. The largest absolute Gasteiger partial charge is 0.472 e. The molecule has 7 aliphatic rings. The number of hydrogen-bond acceptors (Lipinski definition) is 20. The van der Waals surface area contributed by atoms with Crippen molar-refractivity contribution in [3.05, 3.63) is 24.2 Å². The van der Waals surface area contributed by atoms with Crippen LogP contribution in [0.2, 0.25) is 0 Å². The summed E-state index contributed by atoms with van der Waals surface area (Å²) in [5.41, 5.74) is -19.7. The zero-order chi connectivity index (χ0) is 47.2. The van der Waals surface area contributed by atoms with E-state index in [0.717, 1.165) is 35.0 Å². The summed E-state index contributed by atoms with van der Waals surface area (Å²) in [5, 5.41) is 14.3. The van der Waals surface area contributed by atoms with Gasteiger partial charge in [-0.15, -0.1) is 0 Å². The number of hydrogen-bond donors (Lipinski definition) is 1. The zero-order valence-corrected chi connectivity index (χ0v) is 37.9. The highest BCUT2D eigenvalue weighted by Gasteiger charge is 3.07. The third-order valence-corrected chi connectivity index (χ3v) is 16.2. The van der Waals surface area contributed by atoms with Gasteiger partial charge in [0.05, 0.1) is 39.3 Å². The Hall–Kier alpha value is -4.63. The normalized spacial score (nSPS) is 46.5. The van der Waals surface area contributed by atoms with Crippen LogP contribution in [-0.4, -0.2) is 125 Å². The van der Waals surface area contributed by atoms with Crippen LogP contribution in [0.1, 0.15) is 113 Å². The van der Waals surface area contributed by atoms with Crippen LogP contribution >= 0.6 is 0 Å². The van der Waals surface area contributed by atoms with Crippen molar-refractivity contribution in [1.29, 1.82) is 0 Å². The second kappa shape index (κ2) is 13.9. The summed E-state index contributed by atoms with van der Waals surface area (Å²) in [6, 6.07) is 1.50. The van der Waals surface area contributed by atoms with Crippen molar-refractivity contribution in [2.75, 3.05) is 14.2 Å². The van der Waals surface area contributed by atoms with Gasteiger partial charge in [0, 0.05) is 62.3 Å². The standard InChI is InChI=1S/C44H56O20/c1-13-28(48)58-33-42(61-24(5)47)32(59-34(51)37(8)21(2)60-37)35(6)20-40(42,52)38(9,26(35)16-29(49)53-11)43-27(56-22(3)45)17-36(7,31(57-23(4)46)25-14-15-55-19-25)41(18-30(50)54-12)44(33,43)64-39(10,62-41)63-43/h14-15,19,21,26-27,31-33,52H,13,16-18,20H2,1-12H3/t21-,26+,27-,31-,32-,33+,35-,36+,37+,38-,39+,40-,41-,42+,43-,44-/m0/s1. The first-order valence-electron chi connectivity index (χ1n) is 21.3. The molecule has 0 aromatic carbocycles. The van der Waals surface area contributed by atoms with Crippen LogP contribution in [0.4, 0.5) is 0 Å². The lowest BCUT2D eigenvalue weighted by Gasteiger charge is -2.78. The highest BCUT2D eigenvalue weighted by molar-refractivity contribution is 5.84. The molecule has 1 N–H and O–H groups in total. The predicted octanol–water partition coefficient (Wildman–Crippen LogP) is 2.82. The highest BCUT2D eigenvalue weighted by Crippen LogP contribution is 2.89. The number of rotatable bonds is 13. The molecule has 3 saturated heterocycles. The average molecular weight is 905 g/mol. The van der Waals surface area contributed by atoms with Gasteiger partial charge in [-0.1, -0.05) is 27.7 Å². The Morgan fingerprint density at radius 1 is 0.828 bits per heavy atom. The summed E-state index contributed by atoms with van der Waals surface area (Å²) in [5.74, 6) is -9.94. The SMILES string of the molecule is CCC(=O)O[C@@H]1[C@]2(OC(C)=O)[C@@H](OC(=O)[C@]3(C)O[C@H]3C)[C@@]3(C)C[C@]2(O)[C@](C)([C@@H]3CC(=O)OC)[C@]23O[C@@]4(C)O[C@](CC(=O)OC)([C@@]12O4)[C@@](C)([C@@H](OC(C)=O)c1ccoc1)C[C@@H]3OC(C)=O. The maximum atomic E-state index is 14.5. The fourth-order valence-electron chi connectivity index (χ4n) is 13.9. The molecule has 4 bridgehead atoms. The number of furan rings is 1. The quantitative estimate of drug-likeness (QED) is 0.170. The van der Waals surface area contributed by atoms with E-state index in [9.17, 15) is 38.7 Å². The number of ether oxygens (including phenoxy) is 11. The molecule has 1 aromatic heterocycles. The molecule has 3 aliphatic heterocycles.